The zero-order valence-corrected chi connectivity index (χ0v) is 9.37. The van der Waals surface area contributed by atoms with Crippen molar-refractivity contribution in [2.45, 2.75) is 13.0 Å². The minimum atomic E-state index is -3.29. The molecule has 0 radical (unpaired) electrons. The molecule has 0 unspecified atom stereocenters. The molecule has 5 heteroatoms. The first-order valence-electron chi connectivity index (χ1n) is 4.75. The summed E-state index contributed by atoms with van der Waals surface area (Å²) in [6, 6.07) is 8.44. The van der Waals surface area contributed by atoms with Gasteiger partial charge in [0.2, 0.25) is 10.0 Å². The van der Waals surface area contributed by atoms with Crippen LogP contribution in [0.5, 0.6) is 0 Å². The molecule has 0 saturated carbocycles. The first-order valence-corrected chi connectivity index (χ1v) is 6.40. The third-order valence-electron chi connectivity index (χ3n) is 2.09. The van der Waals surface area contributed by atoms with E-state index < -0.39 is 16.1 Å². The van der Waals surface area contributed by atoms with Gasteiger partial charge in [0.15, 0.2) is 0 Å². The number of hydrogen-bond acceptors (Lipinski definition) is 3. The molecule has 0 fully saturated rings. The Kier molecular flexibility index (Phi) is 4.26. The smallest absolute Gasteiger partial charge is 0.211 e. The maximum absolute atomic E-state index is 11.3. The van der Waals surface area contributed by atoms with Crippen LogP contribution < -0.4 is 4.72 Å². The topological polar surface area (TPSA) is 66.4 Å². The SMILES string of the molecule is CCS(=O)(=O)N[C@@H](CO)c1ccccc1. The molecule has 1 aromatic carbocycles. The summed E-state index contributed by atoms with van der Waals surface area (Å²) in [7, 11) is -3.29. The maximum Gasteiger partial charge on any atom is 0.211 e. The van der Waals surface area contributed by atoms with Gasteiger partial charge in [0.05, 0.1) is 18.4 Å². The third-order valence-corrected chi connectivity index (χ3v) is 3.49. The normalized spacial score (nSPS) is 13.7. The van der Waals surface area contributed by atoms with Crippen LogP contribution in [0.4, 0.5) is 0 Å². The van der Waals surface area contributed by atoms with Crippen LogP contribution in [0, 0.1) is 0 Å². The summed E-state index contributed by atoms with van der Waals surface area (Å²) in [6.07, 6.45) is 0. The Morgan fingerprint density at radius 2 is 1.93 bits per heavy atom. The largest absolute Gasteiger partial charge is 0.394 e. The molecule has 0 spiro atoms. The van der Waals surface area contributed by atoms with E-state index in [9.17, 15) is 8.42 Å². The minimum absolute atomic E-state index is 0.0103. The molecular weight excluding hydrogens is 214 g/mol. The van der Waals surface area contributed by atoms with Crippen molar-refractivity contribution in [3.8, 4) is 0 Å². The second kappa shape index (κ2) is 5.25. The predicted molar refractivity (Wildman–Crippen MR) is 58.9 cm³/mol. The van der Waals surface area contributed by atoms with Crippen LogP contribution in [0.15, 0.2) is 30.3 Å². The van der Waals surface area contributed by atoms with Crippen molar-refractivity contribution in [1.29, 1.82) is 0 Å². The van der Waals surface area contributed by atoms with Gasteiger partial charge in [-0.15, -0.1) is 0 Å². The van der Waals surface area contributed by atoms with Gasteiger partial charge in [-0.2, -0.15) is 0 Å². The molecule has 0 aliphatic heterocycles. The molecule has 0 heterocycles. The molecule has 0 aliphatic carbocycles. The Hall–Kier alpha value is -0.910. The van der Waals surface area contributed by atoms with Gasteiger partial charge in [0, 0.05) is 0 Å². The molecule has 0 bridgehead atoms. The lowest BCUT2D eigenvalue weighted by Crippen LogP contribution is -2.31. The molecular formula is C10H15NO3S. The second-order valence-electron chi connectivity index (χ2n) is 3.17. The van der Waals surface area contributed by atoms with Crippen molar-refractivity contribution >= 4 is 10.0 Å². The molecule has 15 heavy (non-hydrogen) atoms. The van der Waals surface area contributed by atoms with Gasteiger partial charge < -0.3 is 5.11 Å². The number of hydrogen-bond donors (Lipinski definition) is 2. The highest BCUT2D eigenvalue weighted by Crippen LogP contribution is 2.12. The number of sulfonamides is 1. The standard InChI is InChI=1S/C10H15NO3S/c1-2-15(13,14)11-10(8-12)9-6-4-3-5-7-9/h3-7,10-12H,2,8H2,1H3/t10-/m0/s1. The quantitative estimate of drug-likeness (QED) is 0.779. The van der Waals surface area contributed by atoms with Crippen molar-refractivity contribution in [2.24, 2.45) is 0 Å². The van der Waals surface area contributed by atoms with Crippen LogP contribution in [0.2, 0.25) is 0 Å². The van der Waals surface area contributed by atoms with E-state index in [1.807, 2.05) is 6.07 Å². The van der Waals surface area contributed by atoms with Crippen molar-refractivity contribution in [2.75, 3.05) is 12.4 Å². The average Bonchev–Trinajstić information content (AvgIpc) is 2.27. The van der Waals surface area contributed by atoms with Gasteiger partial charge in [-0.3, -0.25) is 0 Å². The van der Waals surface area contributed by atoms with Crippen LogP contribution in [0.3, 0.4) is 0 Å². The number of rotatable bonds is 5. The first-order chi connectivity index (χ1) is 7.09. The molecule has 84 valence electrons. The van der Waals surface area contributed by atoms with Crippen LogP contribution in [-0.2, 0) is 10.0 Å². The number of nitrogens with one attached hydrogen (secondary N) is 1. The average molecular weight is 229 g/mol. The highest BCUT2D eigenvalue weighted by Gasteiger charge is 2.16. The molecule has 0 aliphatic rings. The highest BCUT2D eigenvalue weighted by atomic mass is 32.2. The molecule has 4 nitrogen and oxygen atoms in total. The summed E-state index contributed by atoms with van der Waals surface area (Å²) >= 11 is 0. The van der Waals surface area contributed by atoms with Crippen molar-refractivity contribution in [3.63, 3.8) is 0 Å². The van der Waals surface area contributed by atoms with Gasteiger partial charge in [-0.1, -0.05) is 30.3 Å². The van der Waals surface area contributed by atoms with Crippen LogP contribution >= 0.6 is 0 Å². The van der Waals surface area contributed by atoms with Crippen molar-refractivity contribution in [1.82, 2.24) is 4.72 Å². The molecule has 0 saturated heterocycles. The van der Waals surface area contributed by atoms with E-state index in [2.05, 4.69) is 4.72 Å². The molecule has 0 amide bonds. The zero-order chi connectivity index (χ0) is 11.3. The lowest BCUT2D eigenvalue weighted by molar-refractivity contribution is 0.259. The lowest BCUT2D eigenvalue weighted by Gasteiger charge is -2.15. The Bertz CT molecular complexity index is 388. The second-order valence-corrected chi connectivity index (χ2v) is 5.21. The first kappa shape index (κ1) is 12.2. The maximum atomic E-state index is 11.3. The van der Waals surface area contributed by atoms with E-state index in [0.29, 0.717) is 0 Å². The van der Waals surface area contributed by atoms with Gasteiger partial charge in [0.1, 0.15) is 0 Å². The summed E-state index contributed by atoms with van der Waals surface area (Å²) in [5.74, 6) is 0.0103. The Morgan fingerprint density at radius 1 is 1.33 bits per heavy atom. The fourth-order valence-corrected chi connectivity index (χ4v) is 2.01. The summed E-state index contributed by atoms with van der Waals surface area (Å²) < 4.78 is 25.1. The number of aliphatic hydroxyl groups excluding tert-OH is 1. The van der Waals surface area contributed by atoms with Gasteiger partial charge in [0.25, 0.3) is 0 Å². The van der Waals surface area contributed by atoms with Gasteiger partial charge in [-0.05, 0) is 12.5 Å². The fraction of sp³-hybridized carbons (Fsp3) is 0.400. The highest BCUT2D eigenvalue weighted by molar-refractivity contribution is 7.89. The Morgan fingerprint density at radius 3 is 2.40 bits per heavy atom. The van der Waals surface area contributed by atoms with Crippen molar-refractivity contribution < 1.29 is 13.5 Å². The van der Waals surface area contributed by atoms with Crippen LogP contribution in [-0.4, -0.2) is 25.9 Å². The van der Waals surface area contributed by atoms with Gasteiger partial charge >= 0.3 is 0 Å². The Balaban J connectivity index is 2.83. The third kappa shape index (κ3) is 3.62. The van der Waals surface area contributed by atoms with E-state index >= 15 is 0 Å². The Labute approximate surface area is 90.0 Å². The fourth-order valence-electron chi connectivity index (χ4n) is 1.20. The van der Waals surface area contributed by atoms with Crippen LogP contribution in [0.1, 0.15) is 18.5 Å². The summed E-state index contributed by atoms with van der Waals surface area (Å²) in [5.41, 5.74) is 0.761. The predicted octanol–water partition coefficient (Wildman–Crippen LogP) is 0.659. The van der Waals surface area contributed by atoms with E-state index in [4.69, 9.17) is 5.11 Å². The van der Waals surface area contributed by atoms with E-state index in [1.54, 1.807) is 31.2 Å². The van der Waals surface area contributed by atoms with E-state index in [0.717, 1.165) is 5.56 Å². The number of aliphatic hydroxyl groups is 1. The van der Waals surface area contributed by atoms with Gasteiger partial charge in [-0.25, -0.2) is 13.1 Å². The summed E-state index contributed by atoms with van der Waals surface area (Å²) in [5, 5.41) is 9.11. The monoisotopic (exact) mass is 229 g/mol. The molecule has 1 atom stereocenters. The molecule has 1 aromatic rings. The minimum Gasteiger partial charge on any atom is -0.394 e. The van der Waals surface area contributed by atoms with E-state index in [1.165, 1.54) is 0 Å². The summed E-state index contributed by atoms with van der Waals surface area (Å²) in [6.45, 7) is 1.31. The molecule has 0 aromatic heterocycles. The van der Waals surface area contributed by atoms with Crippen LogP contribution in [0.25, 0.3) is 0 Å². The summed E-state index contributed by atoms with van der Waals surface area (Å²) in [4.78, 5) is 0. The molecule has 2 N–H and O–H groups in total. The van der Waals surface area contributed by atoms with E-state index in [-0.39, 0.29) is 12.4 Å². The zero-order valence-electron chi connectivity index (χ0n) is 8.55. The number of benzene rings is 1. The van der Waals surface area contributed by atoms with Crippen molar-refractivity contribution in [3.05, 3.63) is 35.9 Å². The lowest BCUT2D eigenvalue weighted by atomic mass is 10.1. The molecule has 1 rings (SSSR count).